The van der Waals surface area contributed by atoms with Crippen molar-refractivity contribution in [1.29, 1.82) is 0 Å². The Hall–Kier alpha value is -2.03. The summed E-state index contributed by atoms with van der Waals surface area (Å²) >= 11 is 1.01. The predicted molar refractivity (Wildman–Crippen MR) is 94.5 cm³/mol. The second-order valence-corrected chi connectivity index (χ2v) is 7.50. The second kappa shape index (κ2) is 7.25. The number of rotatable bonds is 7. The Kier molecular flexibility index (Phi) is 5.08. The molecule has 2 aromatic carbocycles. The molecule has 0 saturated carbocycles. The zero-order valence-corrected chi connectivity index (χ0v) is 14.7. The molecule has 0 spiro atoms. The van der Waals surface area contributed by atoms with E-state index < -0.39 is 10.0 Å². The van der Waals surface area contributed by atoms with Gasteiger partial charge in [0.2, 0.25) is 10.0 Å². The minimum atomic E-state index is -3.59. The maximum absolute atomic E-state index is 12.5. The number of aryl methyl sites for hydroxylation is 1. The zero-order valence-electron chi connectivity index (χ0n) is 13.1. The maximum Gasteiger partial charge on any atom is 0.242 e. The van der Waals surface area contributed by atoms with Gasteiger partial charge in [-0.3, -0.25) is 0 Å². The first-order valence-corrected chi connectivity index (χ1v) is 9.65. The van der Waals surface area contributed by atoms with Crippen molar-refractivity contribution in [2.75, 3.05) is 13.7 Å². The molecule has 0 radical (unpaired) electrons. The lowest BCUT2D eigenvalue weighted by molar-refractivity contribution is 0.414. The number of ether oxygens (including phenoxy) is 1. The maximum atomic E-state index is 12.5. The zero-order chi connectivity index (χ0) is 17.0. The van der Waals surface area contributed by atoms with Crippen molar-refractivity contribution >= 4 is 32.8 Å². The Morgan fingerprint density at radius 2 is 2.00 bits per heavy atom. The first kappa shape index (κ1) is 16.8. The Balaban J connectivity index is 1.60. The molecular formula is C16H17N3O3S2. The third-order valence-corrected chi connectivity index (χ3v) is 5.64. The molecule has 1 heterocycles. The summed E-state index contributed by atoms with van der Waals surface area (Å²) in [6.45, 7) is 0.355. The summed E-state index contributed by atoms with van der Waals surface area (Å²) in [5, 5.41) is 0. The summed E-state index contributed by atoms with van der Waals surface area (Å²) in [5.41, 5.74) is 2.13. The van der Waals surface area contributed by atoms with Crippen LogP contribution in [-0.2, 0) is 27.8 Å². The van der Waals surface area contributed by atoms with Gasteiger partial charge in [0.25, 0.3) is 0 Å². The van der Waals surface area contributed by atoms with Gasteiger partial charge >= 0.3 is 0 Å². The minimum absolute atomic E-state index is 0.176. The topological polar surface area (TPSA) is 80.1 Å². The lowest BCUT2D eigenvalue weighted by atomic mass is 10.1. The molecule has 0 unspecified atom stereocenters. The number of fused-ring (bicyclic) bond motifs is 1. The highest BCUT2D eigenvalue weighted by Gasteiger charge is 2.21. The highest BCUT2D eigenvalue weighted by Crippen LogP contribution is 2.37. The second-order valence-electron chi connectivity index (χ2n) is 5.24. The Labute approximate surface area is 144 Å². The lowest BCUT2D eigenvalue weighted by Gasteiger charge is -2.09. The first-order valence-electron chi connectivity index (χ1n) is 7.44. The molecule has 0 aromatic heterocycles. The van der Waals surface area contributed by atoms with E-state index in [4.69, 9.17) is 4.74 Å². The molecule has 0 atom stereocenters. The summed E-state index contributed by atoms with van der Waals surface area (Å²) in [4.78, 5) is 0.176. The quantitative estimate of drug-likeness (QED) is 0.654. The largest absolute Gasteiger partial charge is 0.497 e. The van der Waals surface area contributed by atoms with Gasteiger partial charge in [-0.1, -0.05) is 18.2 Å². The molecule has 6 nitrogen and oxygen atoms in total. The van der Waals surface area contributed by atoms with E-state index in [-0.39, 0.29) is 4.90 Å². The number of hydrogen-bond donors (Lipinski definition) is 1. The fraction of sp³-hybridized carbons (Fsp3) is 0.250. The normalized spacial score (nSPS) is 12.7. The van der Waals surface area contributed by atoms with Crippen LogP contribution in [0.15, 0.2) is 56.1 Å². The van der Waals surface area contributed by atoms with Crippen LogP contribution in [0.3, 0.4) is 0 Å². The van der Waals surface area contributed by atoms with Crippen LogP contribution in [0, 0.1) is 0 Å². The predicted octanol–water partition coefficient (Wildman–Crippen LogP) is 3.33. The standard InChI is InChI=1S/C16H17N3O3S2/c1-22-13-7-2-5-12(11-13)6-4-10-17-24(20,21)15-9-3-8-14-16(15)19-23-18-14/h2-3,5,7-9,11,17H,4,6,10H2,1H3. The van der Waals surface area contributed by atoms with Crippen LogP contribution in [0.25, 0.3) is 0 Å². The lowest BCUT2D eigenvalue weighted by Crippen LogP contribution is -2.25. The molecule has 1 aliphatic rings. The van der Waals surface area contributed by atoms with Crippen molar-refractivity contribution < 1.29 is 13.2 Å². The van der Waals surface area contributed by atoms with Gasteiger partial charge in [-0.2, -0.15) is 8.73 Å². The number of methoxy groups -OCH3 is 1. The van der Waals surface area contributed by atoms with E-state index in [0.717, 1.165) is 29.1 Å². The molecule has 0 fully saturated rings. The molecule has 8 heteroatoms. The summed E-state index contributed by atoms with van der Waals surface area (Å²) in [7, 11) is -1.97. The Morgan fingerprint density at radius 3 is 2.83 bits per heavy atom. The van der Waals surface area contributed by atoms with E-state index in [1.165, 1.54) is 0 Å². The van der Waals surface area contributed by atoms with Crippen LogP contribution in [0.1, 0.15) is 12.0 Å². The van der Waals surface area contributed by atoms with E-state index in [0.29, 0.717) is 24.3 Å². The molecule has 3 rings (SSSR count). The van der Waals surface area contributed by atoms with Crippen LogP contribution in [0.2, 0.25) is 0 Å². The van der Waals surface area contributed by atoms with Crippen LogP contribution >= 0.6 is 0 Å². The van der Waals surface area contributed by atoms with Gasteiger partial charge in [0.1, 0.15) is 22.0 Å². The van der Waals surface area contributed by atoms with E-state index in [2.05, 4.69) is 13.4 Å². The molecule has 0 aliphatic carbocycles. The molecule has 1 N–H and O–H groups in total. The summed E-state index contributed by atoms with van der Waals surface area (Å²) in [6, 6.07) is 12.7. The van der Waals surface area contributed by atoms with Crippen LogP contribution in [0.5, 0.6) is 5.75 Å². The number of benzene rings is 2. The first-order chi connectivity index (χ1) is 11.6. The fourth-order valence-corrected chi connectivity index (χ4v) is 4.24. The van der Waals surface area contributed by atoms with E-state index in [1.807, 2.05) is 24.3 Å². The van der Waals surface area contributed by atoms with E-state index >= 15 is 0 Å². The molecular weight excluding hydrogens is 346 g/mol. The van der Waals surface area contributed by atoms with Crippen LogP contribution < -0.4 is 9.46 Å². The van der Waals surface area contributed by atoms with Crippen molar-refractivity contribution in [3.05, 3.63) is 48.0 Å². The molecule has 0 amide bonds. The Bertz CT molecular complexity index is 920. The monoisotopic (exact) mass is 363 g/mol. The SMILES string of the molecule is COc1cccc(CCCNS(=O)(=O)c2cccc3c2N=S=N3)c1. The van der Waals surface area contributed by atoms with Gasteiger partial charge in [-0.05, 0) is 42.7 Å². The summed E-state index contributed by atoms with van der Waals surface area (Å²) < 4.78 is 40.9. The third kappa shape index (κ3) is 3.72. The highest BCUT2D eigenvalue weighted by atomic mass is 32.2. The van der Waals surface area contributed by atoms with Gasteiger partial charge in [-0.15, -0.1) is 0 Å². The smallest absolute Gasteiger partial charge is 0.242 e. The average molecular weight is 363 g/mol. The number of nitrogens with zero attached hydrogens (tertiary/aromatic N) is 2. The van der Waals surface area contributed by atoms with Crippen molar-refractivity contribution in [3.8, 4) is 5.75 Å². The van der Waals surface area contributed by atoms with Gasteiger partial charge in [0, 0.05) is 6.54 Å². The number of hydrogen-bond acceptors (Lipinski definition) is 5. The molecule has 1 aliphatic heterocycles. The fourth-order valence-electron chi connectivity index (χ4n) is 2.40. The molecule has 126 valence electrons. The Morgan fingerprint density at radius 1 is 1.17 bits per heavy atom. The highest BCUT2D eigenvalue weighted by molar-refractivity contribution is 7.89. The van der Waals surface area contributed by atoms with E-state index in [1.54, 1.807) is 25.3 Å². The van der Waals surface area contributed by atoms with Crippen LogP contribution in [-0.4, -0.2) is 22.1 Å². The average Bonchev–Trinajstić information content (AvgIpc) is 3.07. The number of nitrogens with one attached hydrogen (secondary N) is 1. The van der Waals surface area contributed by atoms with Crippen LogP contribution in [0.4, 0.5) is 11.4 Å². The van der Waals surface area contributed by atoms with Gasteiger partial charge < -0.3 is 4.74 Å². The van der Waals surface area contributed by atoms with Gasteiger partial charge in [0.15, 0.2) is 0 Å². The van der Waals surface area contributed by atoms with Gasteiger partial charge in [-0.25, -0.2) is 13.1 Å². The molecule has 0 saturated heterocycles. The van der Waals surface area contributed by atoms with Gasteiger partial charge in [0.05, 0.1) is 18.5 Å². The summed E-state index contributed by atoms with van der Waals surface area (Å²) in [6.07, 6.45) is 1.46. The third-order valence-electron chi connectivity index (χ3n) is 3.61. The molecule has 24 heavy (non-hydrogen) atoms. The minimum Gasteiger partial charge on any atom is -0.497 e. The summed E-state index contributed by atoms with van der Waals surface area (Å²) in [5.74, 6) is 0.802. The van der Waals surface area contributed by atoms with E-state index in [9.17, 15) is 8.42 Å². The van der Waals surface area contributed by atoms with Crippen molar-refractivity contribution in [1.82, 2.24) is 4.72 Å². The number of sulfonamides is 1. The van der Waals surface area contributed by atoms with Crippen molar-refractivity contribution in [2.45, 2.75) is 17.7 Å². The van der Waals surface area contributed by atoms with Crippen molar-refractivity contribution in [3.63, 3.8) is 0 Å². The molecule has 0 bridgehead atoms. The molecule has 2 aromatic rings. The van der Waals surface area contributed by atoms with Crippen molar-refractivity contribution in [2.24, 2.45) is 8.73 Å².